The summed E-state index contributed by atoms with van der Waals surface area (Å²) in [4.78, 5) is 4.78. The van der Waals surface area contributed by atoms with Crippen LogP contribution in [0.2, 0.25) is 0 Å². The molecule has 6 nitrogen and oxygen atoms in total. The zero-order valence-corrected chi connectivity index (χ0v) is 17.9. The molecule has 3 N–H and O–H groups in total. The highest BCUT2D eigenvalue weighted by Crippen LogP contribution is 2.24. The lowest BCUT2D eigenvalue weighted by molar-refractivity contribution is 0.118. The fourth-order valence-corrected chi connectivity index (χ4v) is 3.28. The van der Waals surface area contributed by atoms with Crippen LogP contribution in [0.5, 0.6) is 0 Å². The predicted octanol–water partition coefficient (Wildman–Crippen LogP) is 3.34. The van der Waals surface area contributed by atoms with Crippen LogP contribution in [0.4, 0.5) is 0 Å². The standard InChI is InChI=1S/C22H35N5O/c1-6-22(7-2,16-28)15-25-21(23-8-3)24-14-19-11-9-10-12-20(19)27-18(5)13-17(4)26-27/h9-13,28H,6-8,14-16H2,1-5H3,(H2,23,24,25). The van der Waals surface area contributed by atoms with Gasteiger partial charge in [-0.25, -0.2) is 9.67 Å². The van der Waals surface area contributed by atoms with Crippen LogP contribution in [-0.2, 0) is 6.54 Å². The number of nitrogens with one attached hydrogen (secondary N) is 2. The Labute approximate surface area is 169 Å². The van der Waals surface area contributed by atoms with Crippen LogP contribution in [0.3, 0.4) is 0 Å². The van der Waals surface area contributed by atoms with Crippen molar-refractivity contribution in [2.45, 2.75) is 54.0 Å². The van der Waals surface area contributed by atoms with Gasteiger partial charge in [-0.2, -0.15) is 5.10 Å². The first-order chi connectivity index (χ1) is 13.5. The SMILES string of the molecule is CCNC(=NCc1ccccc1-n1nc(C)cc1C)NCC(CC)(CC)CO. The molecular weight excluding hydrogens is 350 g/mol. The molecule has 6 heteroatoms. The smallest absolute Gasteiger partial charge is 0.191 e. The molecule has 0 saturated heterocycles. The van der Waals surface area contributed by atoms with Gasteiger partial charge in [0.25, 0.3) is 0 Å². The molecule has 0 aliphatic carbocycles. The fourth-order valence-electron chi connectivity index (χ4n) is 3.28. The molecule has 0 aliphatic rings. The van der Waals surface area contributed by atoms with Gasteiger partial charge in [-0.15, -0.1) is 0 Å². The van der Waals surface area contributed by atoms with Gasteiger partial charge in [-0.05, 0) is 51.3 Å². The Morgan fingerprint density at radius 3 is 2.43 bits per heavy atom. The molecule has 0 bridgehead atoms. The highest BCUT2D eigenvalue weighted by atomic mass is 16.3. The Morgan fingerprint density at radius 1 is 1.14 bits per heavy atom. The minimum absolute atomic E-state index is 0.113. The molecule has 1 aromatic heterocycles. The monoisotopic (exact) mass is 385 g/mol. The van der Waals surface area contributed by atoms with E-state index in [1.807, 2.05) is 23.7 Å². The average molecular weight is 386 g/mol. The highest BCUT2D eigenvalue weighted by Gasteiger charge is 2.25. The van der Waals surface area contributed by atoms with Crippen molar-refractivity contribution in [1.29, 1.82) is 0 Å². The van der Waals surface area contributed by atoms with Crippen LogP contribution >= 0.6 is 0 Å². The van der Waals surface area contributed by atoms with E-state index < -0.39 is 0 Å². The summed E-state index contributed by atoms with van der Waals surface area (Å²) in [6, 6.07) is 10.3. The maximum absolute atomic E-state index is 9.81. The summed E-state index contributed by atoms with van der Waals surface area (Å²) in [5.41, 5.74) is 4.17. The van der Waals surface area contributed by atoms with Crippen molar-refractivity contribution in [3.8, 4) is 5.69 Å². The van der Waals surface area contributed by atoms with Crippen LogP contribution in [0.25, 0.3) is 5.69 Å². The van der Waals surface area contributed by atoms with Crippen molar-refractivity contribution in [2.24, 2.45) is 10.4 Å². The molecule has 0 radical (unpaired) electrons. The first-order valence-electron chi connectivity index (χ1n) is 10.2. The lowest BCUT2D eigenvalue weighted by Crippen LogP contribution is -2.44. The number of aliphatic hydroxyl groups is 1. The van der Waals surface area contributed by atoms with E-state index in [2.05, 4.69) is 61.6 Å². The summed E-state index contributed by atoms with van der Waals surface area (Å²) in [5, 5.41) is 21.1. The van der Waals surface area contributed by atoms with Crippen molar-refractivity contribution >= 4 is 5.96 Å². The van der Waals surface area contributed by atoms with Crippen molar-refractivity contribution in [2.75, 3.05) is 19.7 Å². The van der Waals surface area contributed by atoms with Crippen LogP contribution in [0.15, 0.2) is 35.3 Å². The molecule has 154 valence electrons. The zero-order chi connectivity index (χ0) is 20.6. The zero-order valence-electron chi connectivity index (χ0n) is 17.9. The summed E-state index contributed by atoms with van der Waals surface area (Å²) in [7, 11) is 0. The molecule has 0 spiro atoms. The minimum Gasteiger partial charge on any atom is -0.396 e. The number of aryl methyl sites for hydroxylation is 2. The first-order valence-corrected chi connectivity index (χ1v) is 10.2. The quantitative estimate of drug-likeness (QED) is 0.457. The third-order valence-corrected chi connectivity index (χ3v) is 5.45. The second-order valence-electron chi connectivity index (χ2n) is 7.38. The van der Waals surface area contributed by atoms with Gasteiger partial charge in [0.1, 0.15) is 0 Å². The number of aliphatic imine (C=N–C) groups is 1. The number of guanidine groups is 1. The third kappa shape index (κ3) is 5.35. The maximum Gasteiger partial charge on any atom is 0.191 e. The maximum atomic E-state index is 9.81. The number of para-hydroxylation sites is 1. The number of rotatable bonds is 9. The van der Waals surface area contributed by atoms with Crippen LogP contribution in [-0.4, -0.2) is 40.5 Å². The topological polar surface area (TPSA) is 74.5 Å². The lowest BCUT2D eigenvalue weighted by Gasteiger charge is -2.30. The number of aromatic nitrogens is 2. The van der Waals surface area contributed by atoms with Gasteiger partial charge in [0.15, 0.2) is 5.96 Å². The molecule has 28 heavy (non-hydrogen) atoms. The van der Waals surface area contributed by atoms with E-state index in [9.17, 15) is 5.11 Å². The molecule has 0 fully saturated rings. The third-order valence-electron chi connectivity index (χ3n) is 5.45. The molecule has 0 amide bonds. The normalized spacial score (nSPS) is 12.3. The van der Waals surface area contributed by atoms with E-state index in [0.29, 0.717) is 13.1 Å². The van der Waals surface area contributed by atoms with E-state index in [-0.39, 0.29) is 12.0 Å². The number of hydrogen-bond acceptors (Lipinski definition) is 3. The molecule has 0 atom stereocenters. The Hall–Kier alpha value is -2.34. The summed E-state index contributed by atoms with van der Waals surface area (Å²) in [6.45, 7) is 12.6. The van der Waals surface area contributed by atoms with Gasteiger partial charge in [0, 0.05) is 24.2 Å². The van der Waals surface area contributed by atoms with Crippen LogP contribution in [0.1, 0.15) is 50.6 Å². The second-order valence-corrected chi connectivity index (χ2v) is 7.38. The summed E-state index contributed by atoms with van der Waals surface area (Å²) in [6.07, 6.45) is 1.85. The van der Waals surface area contributed by atoms with Gasteiger partial charge in [0.05, 0.1) is 24.5 Å². The Morgan fingerprint density at radius 2 is 1.86 bits per heavy atom. The first kappa shape index (κ1) is 22.0. The highest BCUT2D eigenvalue weighted by molar-refractivity contribution is 5.79. The lowest BCUT2D eigenvalue weighted by atomic mass is 9.83. The van der Waals surface area contributed by atoms with Crippen molar-refractivity contribution in [3.63, 3.8) is 0 Å². The van der Waals surface area contributed by atoms with Gasteiger partial charge >= 0.3 is 0 Å². The predicted molar refractivity (Wildman–Crippen MR) is 116 cm³/mol. The fraction of sp³-hybridized carbons (Fsp3) is 0.545. The summed E-state index contributed by atoms with van der Waals surface area (Å²) >= 11 is 0. The second kappa shape index (κ2) is 10.3. The Kier molecular flexibility index (Phi) is 8.05. The van der Waals surface area contributed by atoms with Crippen molar-refractivity contribution in [3.05, 3.63) is 47.3 Å². The largest absolute Gasteiger partial charge is 0.396 e. The molecular formula is C22H35N5O. The van der Waals surface area contributed by atoms with Gasteiger partial charge in [-0.3, -0.25) is 0 Å². The molecule has 0 aliphatic heterocycles. The Balaban J connectivity index is 2.20. The number of benzene rings is 1. The van der Waals surface area contributed by atoms with E-state index >= 15 is 0 Å². The molecule has 0 saturated carbocycles. The van der Waals surface area contributed by atoms with E-state index in [0.717, 1.165) is 48.0 Å². The molecule has 1 heterocycles. The Bertz CT molecular complexity index is 769. The molecule has 0 unspecified atom stereocenters. The van der Waals surface area contributed by atoms with Gasteiger partial charge < -0.3 is 15.7 Å². The number of aliphatic hydroxyl groups excluding tert-OH is 1. The van der Waals surface area contributed by atoms with Crippen molar-refractivity contribution < 1.29 is 5.11 Å². The summed E-state index contributed by atoms with van der Waals surface area (Å²) in [5.74, 6) is 0.769. The van der Waals surface area contributed by atoms with E-state index in [4.69, 9.17) is 4.99 Å². The van der Waals surface area contributed by atoms with Crippen LogP contribution in [0, 0.1) is 19.3 Å². The molecule has 1 aromatic carbocycles. The van der Waals surface area contributed by atoms with E-state index in [1.54, 1.807) is 0 Å². The minimum atomic E-state index is -0.113. The summed E-state index contributed by atoms with van der Waals surface area (Å²) < 4.78 is 1.98. The van der Waals surface area contributed by atoms with Gasteiger partial charge in [0.2, 0.25) is 0 Å². The number of nitrogens with zero attached hydrogens (tertiary/aromatic N) is 3. The average Bonchev–Trinajstić information content (AvgIpc) is 3.05. The number of hydrogen-bond donors (Lipinski definition) is 3. The molecule has 2 rings (SSSR count). The van der Waals surface area contributed by atoms with E-state index in [1.165, 1.54) is 0 Å². The molecule has 2 aromatic rings. The van der Waals surface area contributed by atoms with Crippen LogP contribution < -0.4 is 10.6 Å². The van der Waals surface area contributed by atoms with Crippen molar-refractivity contribution in [1.82, 2.24) is 20.4 Å². The van der Waals surface area contributed by atoms with Gasteiger partial charge in [-0.1, -0.05) is 32.0 Å².